The van der Waals surface area contributed by atoms with Crippen LogP contribution >= 0.6 is 11.3 Å². The molecule has 0 aromatic carbocycles. The van der Waals surface area contributed by atoms with Gasteiger partial charge in [-0.3, -0.25) is 0 Å². The second kappa shape index (κ2) is 4.61. The monoisotopic (exact) mass is 233 g/mol. The number of nitrogens with one attached hydrogen (secondary N) is 1. The first-order valence-electron chi connectivity index (χ1n) is 5.29. The summed E-state index contributed by atoms with van der Waals surface area (Å²) in [6.07, 6.45) is 4.46. The Labute approximate surface area is 99.2 Å². The molecule has 3 nitrogen and oxygen atoms in total. The van der Waals surface area contributed by atoms with Gasteiger partial charge in [-0.2, -0.15) is 0 Å². The Bertz CT molecular complexity index is 516. The fourth-order valence-corrected chi connectivity index (χ4v) is 2.61. The molecule has 0 radical (unpaired) electrons. The predicted octanol–water partition coefficient (Wildman–Crippen LogP) is 3.30. The number of aromatic nitrogens is 2. The van der Waals surface area contributed by atoms with E-state index in [1.54, 1.807) is 17.7 Å². The zero-order chi connectivity index (χ0) is 11.5. The van der Waals surface area contributed by atoms with Gasteiger partial charge in [-0.25, -0.2) is 9.97 Å². The number of hydrogen-bond acceptors (Lipinski definition) is 4. The molecule has 84 valence electrons. The smallest absolute Gasteiger partial charge is 0.138 e. The summed E-state index contributed by atoms with van der Waals surface area (Å²) in [6, 6.07) is 0. The summed E-state index contributed by atoms with van der Waals surface area (Å²) in [7, 11) is 0. The zero-order valence-corrected chi connectivity index (χ0v) is 10.4. The summed E-state index contributed by atoms with van der Waals surface area (Å²) in [5, 5.41) is 4.49. The molecule has 0 atom stereocenters. The molecule has 0 fully saturated rings. The van der Waals surface area contributed by atoms with E-state index in [1.807, 2.05) is 6.08 Å². The van der Waals surface area contributed by atoms with Crippen LogP contribution < -0.4 is 5.32 Å². The molecule has 0 bridgehead atoms. The lowest BCUT2D eigenvalue weighted by Gasteiger charge is -2.05. The van der Waals surface area contributed by atoms with Crippen molar-refractivity contribution in [1.82, 2.24) is 9.97 Å². The van der Waals surface area contributed by atoms with E-state index in [0.717, 1.165) is 29.0 Å². The maximum absolute atomic E-state index is 4.30. The molecule has 2 aromatic rings. The van der Waals surface area contributed by atoms with Crippen LogP contribution in [0.2, 0.25) is 0 Å². The van der Waals surface area contributed by atoms with Gasteiger partial charge >= 0.3 is 0 Å². The van der Waals surface area contributed by atoms with Crippen molar-refractivity contribution >= 4 is 27.4 Å². The van der Waals surface area contributed by atoms with Gasteiger partial charge in [0.2, 0.25) is 0 Å². The van der Waals surface area contributed by atoms with Crippen molar-refractivity contribution in [2.75, 3.05) is 11.9 Å². The van der Waals surface area contributed by atoms with Crippen LogP contribution in [0.4, 0.5) is 5.82 Å². The van der Waals surface area contributed by atoms with Crippen molar-refractivity contribution < 1.29 is 0 Å². The molecule has 16 heavy (non-hydrogen) atoms. The first kappa shape index (κ1) is 11.1. The number of hydrogen-bond donors (Lipinski definition) is 1. The molecule has 0 spiro atoms. The number of fused-ring (bicyclic) bond motifs is 1. The second-order valence-corrected chi connectivity index (χ2v) is 4.89. The van der Waals surface area contributed by atoms with E-state index in [2.05, 4.69) is 35.7 Å². The first-order valence-corrected chi connectivity index (χ1v) is 6.11. The third kappa shape index (κ3) is 1.93. The fourth-order valence-electron chi connectivity index (χ4n) is 1.61. The zero-order valence-electron chi connectivity index (χ0n) is 9.58. The molecule has 1 N–H and O–H groups in total. The molecule has 0 unspecified atom stereocenters. The lowest BCUT2D eigenvalue weighted by molar-refractivity contribution is 1.05. The summed E-state index contributed by atoms with van der Waals surface area (Å²) in [5.74, 6) is 0.939. The van der Waals surface area contributed by atoms with Crippen LogP contribution in [-0.4, -0.2) is 16.5 Å². The number of aryl methyl sites for hydroxylation is 2. The Morgan fingerprint density at radius 1 is 1.44 bits per heavy atom. The normalized spacial score (nSPS) is 10.6. The summed E-state index contributed by atoms with van der Waals surface area (Å²) < 4.78 is 0. The molecular weight excluding hydrogens is 218 g/mol. The third-order valence-corrected chi connectivity index (χ3v) is 3.72. The Morgan fingerprint density at radius 3 is 3.00 bits per heavy atom. The second-order valence-electron chi connectivity index (χ2n) is 3.69. The average molecular weight is 233 g/mol. The van der Waals surface area contributed by atoms with Gasteiger partial charge in [-0.1, -0.05) is 6.08 Å². The summed E-state index contributed by atoms with van der Waals surface area (Å²) in [5.41, 5.74) is 1.28. The fraction of sp³-hybridized carbons (Fsp3) is 0.333. The molecule has 2 aromatic heterocycles. The summed E-state index contributed by atoms with van der Waals surface area (Å²) in [4.78, 5) is 11.0. The van der Waals surface area contributed by atoms with Crippen molar-refractivity contribution in [3.8, 4) is 0 Å². The standard InChI is InChI=1S/C12H15N3S/c1-4-5-6-13-11-10-8(2)9(3)16-12(10)15-7-14-11/h4,7H,1,5-6H2,2-3H3,(H,13,14,15). The molecule has 0 aliphatic rings. The first-order chi connectivity index (χ1) is 7.74. The highest BCUT2D eigenvalue weighted by atomic mass is 32.1. The van der Waals surface area contributed by atoms with Gasteiger partial charge in [0.15, 0.2) is 0 Å². The maximum atomic E-state index is 4.30. The van der Waals surface area contributed by atoms with Crippen molar-refractivity contribution in [2.24, 2.45) is 0 Å². The van der Waals surface area contributed by atoms with Crippen LogP contribution in [0, 0.1) is 13.8 Å². The van der Waals surface area contributed by atoms with Crippen LogP contribution in [0.3, 0.4) is 0 Å². The Kier molecular flexibility index (Phi) is 3.19. The highest BCUT2D eigenvalue weighted by Crippen LogP contribution is 2.32. The SMILES string of the molecule is C=CCCNc1ncnc2sc(C)c(C)c12. The van der Waals surface area contributed by atoms with Crippen molar-refractivity contribution in [3.63, 3.8) is 0 Å². The van der Waals surface area contributed by atoms with Crippen LogP contribution in [0.5, 0.6) is 0 Å². The number of anilines is 1. The molecular formula is C12H15N3S. The van der Waals surface area contributed by atoms with Gasteiger partial charge in [0.1, 0.15) is 17.0 Å². The lowest BCUT2D eigenvalue weighted by atomic mass is 10.2. The Morgan fingerprint density at radius 2 is 2.25 bits per heavy atom. The Hall–Kier alpha value is -1.42. The van der Waals surface area contributed by atoms with Crippen molar-refractivity contribution in [2.45, 2.75) is 20.3 Å². The molecule has 0 aliphatic heterocycles. The minimum absolute atomic E-state index is 0.865. The highest BCUT2D eigenvalue weighted by molar-refractivity contribution is 7.18. The molecule has 0 aliphatic carbocycles. The molecule has 0 saturated carbocycles. The van der Waals surface area contributed by atoms with Crippen LogP contribution in [0.1, 0.15) is 16.9 Å². The van der Waals surface area contributed by atoms with Crippen molar-refractivity contribution in [1.29, 1.82) is 0 Å². The molecule has 4 heteroatoms. The molecule has 2 heterocycles. The number of nitrogens with zero attached hydrogens (tertiary/aromatic N) is 2. The molecule has 0 saturated heterocycles. The van der Waals surface area contributed by atoms with E-state index in [4.69, 9.17) is 0 Å². The van der Waals surface area contributed by atoms with Crippen LogP contribution in [0.15, 0.2) is 19.0 Å². The van der Waals surface area contributed by atoms with Gasteiger partial charge in [0.25, 0.3) is 0 Å². The van der Waals surface area contributed by atoms with E-state index >= 15 is 0 Å². The van der Waals surface area contributed by atoms with Gasteiger partial charge < -0.3 is 5.32 Å². The van der Waals surface area contributed by atoms with E-state index in [1.165, 1.54) is 10.4 Å². The average Bonchev–Trinajstić information content (AvgIpc) is 2.56. The molecule has 0 amide bonds. The number of thiophene rings is 1. The summed E-state index contributed by atoms with van der Waals surface area (Å²) in [6.45, 7) is 8.81. The van der Waals surface area contributed by atoms with Crippen molar-refractivity contribution in [3.05, 3.63) is 29.4 Å². The third-order valence-electron chi connectivity index (χ3n) is 2.61. The topological polar surface area (TPSA) is 37.8 Å². The van der Waals surface area contributed by atoms with E-state index < -0.39 is 0 Å². The minimum Gasteiger partial charge on any atom is -0.369 e. The lowest BCUT2D eigenvalue weighted by Crippen LogP contribution is -2.03. The highest BCUT2D eigenvalue weighted by Gasteiger charge is 2.10. The quantitative estimate of drug-likeness (QED) is 0.650. The van der Waals surface area contributed by atoms with Crippen LogP contribution in [-0.2, 0) is 0 Å². The van der Waals surface area contributed by atoms with Gasteiger partial charge in [-0.05, 0) is 25.8 Å². The maximum Gasteiger partial charge on any atom is 0.138 e. The van der Waals surface area contributed by atoms with Crippen LogP contribution in [0.25, 0.3) is 10.2 Å². The van der Waals surface area contributed by atoms with E-state index in [0.29, 0.717) is 0 Å². The Balaban J connectivity index is 2.40. The van der Waals surface area contributed by atoms with Gasteiger partial charge in [0.05, 0.1) is 5.39 Å². The van der Waals surface area contributed by atoms with Gasteiger partial charge in [0, 0.05) is 11.4 Å². The molecule has 2 rings (SSSR count). The number of rotatable bonds is 4. The summed E-state index contributed by atoms with van der Waals surface area (Å²) >= 11 is 1.72. The van der Waals surface area contributed by atoms with Gasteiger partial charge in [-0.15, -0.1) is 17.9 Å². The largest absolute Gasteiger partial charge is 0.369 e. The van der Waals surface area contributed by atoms with E-state index in [9.17, 15) is 0 Å². The van der Waals surface area contributed by atoms with E-state index in [-0.39, 0.29) is 0 Å². The predicted molar refractivity (Wildman–Crippen MR) is 70.2 cm³/mol. The minimum atomic E-state index is 0.865.